The molecule has 1 N–H and O–H groups in total. The molecule has 0 saturated carbocycles. The van der Waals surface area contributed by atoms with Gasteiger partial charge in [-0.05, 0) is 30.5 Å². The maximum absolute atomic E-state index is 11.7. The van der Waals surface area contributed by atoms with Gasteiger partial charge in [-0.3, -0.25) is 0 Å². The van der Waals surface area contributed by atoms with Crippen LogP contribution < -0.4 is 5.32 Å². The largest absolute Gasteiger partial charge is 0.309 e. The van der Waals surface area contributed by atoms with Crippen molar-refractivity contribution in [2.45, 2.75) is 32.4 Å². The molecule has 0 bridgehead atoms. The number of hydrogen-bond donors (Lipinski definition) is 1. The molecule has 0 amide bonds. The number of hydrogen-bond acceptors (Lipinski definition) is 4. The van der Waals surface area contributed by atoms with Gasteiger partial charge in [0, 0.05) is 29.9 Å². The Kier molecular flexibility index (Phi) is 5.33. The van der Waals surface area contributed by atoms with Crippen molar-refractivity contribution in [3.8, 4) is 16.9 Å². The van der Waals surface area contributed by atoms with Gasteiger partial charge in [-0.1, -0.05) is 49.4 Å². The molecular weight excluding hydrogens is 370 g/mol. The monoisotopic (exact) mass is 395 g/mol. The summed E-state index contributed by atoms with van der Waals surface area (Å²) in [4.78, 5) is 0. The maximum atomic E-state index is 11.7. The molecule has 3 aromatic rings. The third-order valence-electron chi connectivity index (χ3n) is 5.26. The van der Waals surface area contributed by atoms with Crippen molar-refractivity contribution in [1.29, 1.82) is 0 Å². The van der Waals surface area contributed by atoms with E-state index >= 15 is 0 Å². The first-order valence-electron chi connectivity index (χ1n) is 9.71. The van der Waals surface area contributed by atoms with E-state index in [1.165, 1.54) is 5.56 Å². The van der Waals surface area contributed by atoms with Crippen molar-refractivity contribution in [2.75, 3.05) is 11.5 Å². The van der Waals surface area contributed by atoms with Gasteiger partial charge in [0.1, 0.15) is 0 Å². The highest BCUT2D eigenvalue weighted by molar-refractivity contribution is 7.91. The van der Waals surface area contributed by atoms with E-state index in [0.717, 1.165) is 28.9 Å². The number of nitrogens with zero attached hydrogens (tertiary/aromatic N) is 2. The van der Waals surface area contributed by atoms with Crippen LogP contribution in [0.3, 0.4) is 0 Å². The molecule has 28 heavy (non-hydrogen) atoms. The summed E-state index contributed by atoms with van der Waals surface area (Å²) >= 11 is 0. The van der Waals surface area contributed by atoms with Crippen molar-refractivity contribution >= 4 is 9.84 Å². The molecule has 1 unspecified atom stereocenters. The average molecular weight is 396 g/mol. The van der Waals surface area contributed by atoms with Crippen molar-refractivity contribution in [3.63, 3.8) is 0 Å². The summed E-state index contributed by atoms with van der Waals surface area (Å²) in [5, 5.41) is 8.26. The van der Waals surface area contributed by atoms with Crippen LogP contribution in [0.5, 0.6) is 0 Å². The Morgan fingerprint density at radius 2 is 1.86 bits per heavy atom. The van der Waals surface area contributed by atoms with E-state index in [9.17, 15) is 8.42 Å². The Morgan fingerprint density at radius 1 is 1.11 bits per heavy atom. The van der Waals surface area contributed by atoms with Gasteiger partial charge in [-0.25, -0.2) is 13.1 Å². The van der Waals surface area contributed by atoms with Crippen molar-refractivity contribution < 1.29 is 8.42 Å². The molecule has 1 saturated heterocycles. The molecule has 1 aliphatic heterocycles. The molecule has 2 aromatic carbocycles. The predicted octanol–water partition coefficient (Wildman–Crippen LogP) is 3.38. The maximum Gasteiger partial charge on any atom is 0.151 e. The van der Waals surface area contributed by atoms with Gasteiger partial charge in [0.05, 0.1) is 22.9 Å². The second kappa shape index (κ2) is 7.89. The summed E-state index contributed by atoms with van der Waals surface area (Å²) in [7, 11) is -2.89. The van der Waals surface area contributed by atoms with Crippen LogP contribution in [0.15, 0.2) is 60.8 Å². The fraction of sp³-hybridized carbons (Fsp3) is 0.318. The Bertz CT molecular complexity index is 1040. The molecule has 5 nitrogen and oxygen atoms in total. The molecule has 1 fully saturated rings. The summed E-state index contributed by atoms with van der Waals surface area (Å²) in [6.07, 6.45) is 3.72. The normalized spacial score (nSPS) is 18.4. The van der Waals surface area contributed by atoms with E-state index in [2.05, 4.69) is 36.5 Å². The van der Waals surface area contributed by atoms with Gasteiger partial charge < -0.3 is 5.32 Å². The first kappa shape index (κ1) is 18.9. The van der Waals surface area contributed by atoms with E-state index in [1.807, 2.05) is 41.2 Å². The Morgan fingerprint density at radius 3 is 2.50 bits per heavy atom. The third-order valence-corrected chi connectivity index (χ3v) is 7.03. The summed E-state index contributed by atoms with van der Waals surface area (Å²) < 4.78 is 25.4. The fourth-order valence-electron chi connectivity index (χ4n) is 3.60. The number of nitrogens with one attached hydrogen (secondary N) is 1. The number of rotatable bonds is 6. The van der Waals surface area contributed by atoms with Gasteiger partial charge >= 0.3 is 0 Å². The first-order chi connectivity index (χ1) is 13.5. The average Bonchev–Trinajstić information content (AvgIpc) is 3.30. The summed E-state index contributed by atoms with van der Waals surface area (Å²) in [6.45, 7) is 2.74. The molecule has 0 radical (unpaired) electrons. The van der Waals surface area contributed by atoms with E-state index < -0.39 is 9.84 Å². The Hall–Kier alpha value is -2.44. The molecule has 146 valence electrons. The van der Waals surface area contributed by atoms with Gasteiger partial charge in [-0.15, -0.1) is 0 Å². The quantitative estimate of drug-likeness (QED) is 0.695. The van der Waals surface area contributed by atoms with Crippen LogP contribution in [-0.4, -0.2) is 35.7 Å². The molecule has 1 atom stereocenters. The lowest BCUT2D eigenvalue weighted by Gasteiger charge is -2.10. The molecule has 4 rings (SSSR count). The zero-order valence-corrected chi connectivity index (χ0v) is 16.8. The van der Waals surface area contributed by atoms with Crippen LogP contribution in [0.2, 0.25) is 0 Å². The summed E-state index contributed by atoms with van der Waals surface area (Å²) in [5.74, 6) is 0.500. The molecule has 0 spiro atoms. The fourth-order valence-corrected chi connectivity index (χ4v) is 5.31. The molecule has 1 aromatic heterocycles. The van der Waals surface area contributed by atoms with Crippen molar-refractivity contribution in [3.05, 3.63) is 71.9 Å². The van der Waals surface area contributed by atoms with Crippen molar-refractivity contribution in [1.82, 2.24) is 15.1 Å². The summed E-state index contributed by atoms with van der Waals surface area (Å²) in [6, 6.07) is 18.5. The minimum absolute atomic E-state index is 0.0143. The zero-order chi connectivity index (χ0) is 19.6. The van der Waals surface area contributed by atoms with E-state index in [1.54, 1.807) is 0 Å². The van der Waals surface area contributed by atoms with Crippen LogP contribution in [0.25, 0.3) is 16.9 Å². The summed E-state index contributed by atoms with van der Waals surface area (Å²) in [5.41, 5.74) is 5.37. The molecular formula is C22H25N3O2S. The Labute approximate surface area is 166 Å². The van der Waals surface area contributed by atoms with Gasteiger partial charge in [0.2, 0.25) is 0 Å². The van der Waals surface area contributed by atoms with E-state index in [4.69, 9.17) is 5.10 Å². The number of aryl methyl sites for hydroxylation is 1. The number of sulfone groups is 1. The lowest BCUT2D eigenvalue weighted by Crippen LogP contribution is -2.29. The van der Waals surface area contributed by atoms with Crippen LogP contribution in [-0.2, 0) is 22.8 Å². The SMILES string of the molecule is CCc1ccc(-c2nn(-c3ccccc3)cc2CNC2CCS(=O)(=O)C2)cc1. The standard InChI is InChI=1S/C22H25N3O2S/c1-2-17-8-10-18(11-9-17)22-19(14-23-20-12-13-28(26,27)16-20)15-25(24-22)21-6-4-3-5-7-21/h3-11,15,20,23H,2,12-14,16H2,1H3. The molecule has 6 heteroatoms. The predicted molar refractivity (Wildman–Crippen MR) is 112 cm³/mol. The van der Waals surface area contributed by atoms with Gasteiger partial charge in [0.25, 0.3) is 0 Å². The minimum Gasteiger partial charge on any atom is -0.309 e. The molecule has 1 aliphatic rings. The number of para-hydroxylation sites is 1. The van der Waals surface area contributed by atoms with E-state index in [0.29, 0.717) is 13.0 Å². The van der Waals surface area contributed by atoms with Crippen LogP contribution >= 0.6 is 0 Å². The van der Waals surface area contributed by atoms with Crippen LogP contribution in [0.4, 0.5) is 0 Å². The molecule has 0 aliphatic carbocycles. The van der Waals surface area contributed by atoms with E-state index in [-0.39, 0.29) is 17.5 Å². The number of benzene rings is 2. The highest BCUT2D eigenvalue weighted by atomic mass is 32.2. The van der Waals surface area contributed by atoms with Crippen molar-refractivity contribution in [2.24, 2.45) is 0 Å². The van der Waals surface area contributed by atoms with Crippen LogP contribution in [0.1, 0.15) is 24.5 Å². The first-order valence-corrected chi connectivity index (χ1v) is 11.5. The third kappa shape index (κ3) is 4.18. The Balaban J connectivity index is 1.63. The minimum atomic E-state index is -2.89. The van der Waals surface area contributed by atoms with Crippen LogP contribution in [0, 0.1) is 0 Å². The highest BCUT2D eigenvalue weighted by Gasteiger charge is 2.27. The number of aromatic nitrogens is 2. The zero-order valence-electron chi connectivity index (χ0n) is 16.0. The molecule has 2 heterocycles. The second-order valence-electron chi connectivity index (χ2n) is 7.31. The van der Waals surface area contributed by atoms with Gasteiger partial charge in [0.15, 0.2) is 9.84 Å². The lowest BCUT2D eigenvalue weighted by atomic mass is 10.0. The highest BCUT2D eigenvalue weighted by Crippen LogP contribution is 2.25. The smallest absolute Gasteiger partial charge is 0.151 e. The second-order valence-corrected chi connectivity index (χ2v) is 9.54. The van der Waals surface area contributed by atoms with Gasteiger partial charge in [-0.2, -0.15) is 5.10 Å². The topological polar surface area (TPSA) is 64.0 Å². The lowest BCUT2D eigenvalue weighted by molar-refractivity contribution is 0.554.